The number of para-hydroxylation sites is 1. The Bertz CT molecular complexity index is 462. The van der Waals surface area contributed by atoms with Gasteiger partial charge < -0.3 is 9.73 Å². The zero-order valence-corrected chi connectivity index (χ0v) is 10.4. The molecule has 1 heterocycles. The van der Waals surface area contributed by atoms with Crippen LogP contribution in [0.15, 0.2) is 22.6 Å². The largest absolute Gasteiger partial charge is 0.458 e. The van der Waals surface area contributed by atoms with E-state index in [9.17, 15) is 0 Å². The molecule has 3 heteroatoms. The predicted octanol–water partition coefficient (Wildman–Crippen LogP) is 3.07. The van der Waals surface area contributed by atoms with Crippen molar-refractivity contribution >= 4 is 33.6 Å². The third-order valence-corrected chi connectivity index (χ3v) is 3.20. The molecule has 0 bridgehead atoms. The smallest absolute Gasteiger partial charge is 0.147 e. The third kappa shape index (κ3) is 1.54. The molecule has 14 heavy (non-hydrogen) atoms. The lowest BCUT2D eigenvalue weighted by atomic mass is 10.1. The lowest BCUT2D eigenvalue weighted by Gasteiger charge is -1.94. The maximum atomic E-state index is 5.80. The average Bonchev–Trinajstić information content (AvgIpc) is 2.48. The van der Waals surface area contributed by atoms with Crippen LogP contribution in [-0.4, -0.2) is 7.05 Å². The second-order valence-corrected chi connectivity index (χ2v) is 4.46. The second-order valence-electron chi connectivity index (χ2n) is 3.30. The first-order valence-electron chi connectivity index (χ1n) is 4.55. The summed E-state index contributed by atoms with van der Waals surface area (Å²) >= 11 is 2.30. The molecule has 2 rings (SSSR count). The fourth-order valence-corrected chi connectivity index (χ4v) is 2.20. The minimum absolute atomic E-state index is 0.788. The van der Waals surface area contributed by atoms with Gasteiger partial charge in [-0.3, -0.25) is 0 Å². The number of fused-ring (bicyclic) bond motifs is 1. The van der Waals surface area contributed by atoms with Crippen LogP contribution in [0.25, 0.3) is 11.0 Å². The molecule has 1 aromatic carbocycles. The van der Waals surface area contributed by atoms with Gasteiger partial charge in [0, 0.05) is 5.39 Å². The van der Waals surface area contributed by atoms with Crippen LogP contribution >= 0.6 is 22.6 Å². The Morgan fingerprint density at radius 3 is 2.86 bits per heavy atom. The van der Waals surface area contributed by atoms with Crippen LogP contribution in [0.3, 0.4) is 0 Å². The van der Waals surface area contributed by atoms with Gasteiger partial charge >= 0.3 is 0 Å². The SMILES string of the molecule is CNCc1oc2c(I)cccc2c1C. The lowest BCUT2D eigenvalue weighted by molar-refractivity contribution is 0.525. The van der Waals surface area contributed by atoms with Gasteiger partial charge in [-0.05, 0) is 48.2 Å². The molecule has 0 spiro atoms. The van der Waals surface area contributed by atoms with Crippen LogP contribution in [0, 0.1) is 10.5 Å². The fourth-order valence-electron chi connectivity index (χ4n) is 1.59. The highest BCUT2D eigenvalue weighted by molar-refractivity contribution is 14.1. The van der Waals surface area contributed by atoms with Gasteiger partial charge in [0.1, 0.15) is 11.3 Å². The number of halogens is 1. The summed E-state index contributed by atoms with van der Waals surface area (Å²) in [6.07, 6.45) is 0. The number of rotatable bonds is 2. The highest BCUT2D eigenvalue weighted by Crippen LogP contribution is 2.28. The molecule has 0 saturated carbocycles. The van der Waals surface area contributed by atoms with Crippen molar-refractivity contribution in [2.24, 2.45) is 0 Å². The first-order chi connectivity index (χ1) is 6.74. The average molecular weight is 301 g/mol. The van der Waals surface area contributed by atoms with Gasteiger partial charge in [-0.2, -0.15) is 0 Å². The first-order valence-corrected chi connectivity index (χ1v) is 5.63. The standard InChI is InChI=1S/C11H12INO/c1-7-8-4-3-5-9(12)11(8)14-10(7)6-13-2/h3-5,13H,6H2,1-2H3. The molecule has 1 aromatic heterocycles. The minimum Gasteiger partial charge on any atom is -0.458 e. The molecule has 2 aromatic rings. The van der Waals surface area contributed by atoms with Crippen molar-refractivity contribution in [3.8, 4) is 0 Å². The molecular formula is C11H12INO. The molecule has 0 saturated heterocycles. The molecule has 1 N–H and O–H groups in total. The topological polar surface area (TPSA) is 25.2 Å². The molecule has 2 nitrogen and oxygen atoms in total. The maximum Gasteiger partial charge on any atom is 0.147 e. The summed E-state index contributed by atoms with van der Waals surface area (Å²) < 4.78 is 6.97. The van der Waals surface area contributed by atoms with Crippen molar-refractivity contribution in [3.63, 3.8) is 0 Å². The summed E-state index contributed by atoms with van der Waals surface area (Å²) in [5, 5.41) is 4.33. The Hall–Kier alpha value is -0.550. The van der Waals surface area contributed by atoms with E-state index in [4.69, 9.17) is 4.42 Å². The third-order valence-electron chi connectivity index (χ3n) is 2.35. The van der Waals surface area contributed by atoms with Gasteiger partial charge in [-0.15, -0.1) is 0 Å². The molecule has 0 aliphatic rings. The van der Waals surface area contributed by atoms with E-state index in [1.165, 1.54) is 14.5 Å². The van der Waals surface area contributed by atoms with Gasteiger partial charge in [-0.1, -0.05) is 12.1 Å². The monoisotopic (exact) mass is 301 g/mol. The Morgan fingerprint density at radius 2 is 2.21 bits per heavy atom. The summed E-state index contributed by atoms with van der Waals surface area (Å²) in [6, 6.07) is 6.24. The number of hydrogen-bond donors (Lipinski definition) is 1. The van der Waals surface area contributed by atoms with Crippen molar-refractivity contribution in [1.29, 1.82) is 0 Å². The molecule has 74 valence electrons. The molecule has 0 unspecified atom stereocenters. The van der Waals surface area contributed by atoms with Crippen LogP contribution in [0.5, 0.6) is 0 Å². The first kappa shape index (κ1) is 9.98. The van der Waals surface area contributed by atoms with Crippen molar-refractivity contribution < 1.29 is 4.42 Å². The predicted molar refractivity (Wildman–Crippen MR) is 66.4 cm³/mol. The van der Waals surface area contributed by atoms with E-state index in [1.807, 2.05) is 7.05 Å². The van der Waals surface area contributed by atoms with Gasteiger partial charge in [0.2, 0.25) is 0 Å². The zero-order valence-electron chi connectivity index (χ0n) is 8.23. The molecule has 0 radical (unpaired) electrons. The van der Waals surface area contributed by atoms with Crippen LogP contribution in [0.1, 0.15) is 11.3 Å². The molecule has 0 aliphatic carbocycles. The number of furan rings is 1. The fraction of sp³-hybridized carbons (Fsp3) is 0.273. The number of nitrogens with one attached hydrogen (secondary N) is 1. The molecular weight excluding hydrogens is 289 g/mol. The van der Waals surface area contributed by atoms with Crippen LogP contribution in [-0.2, 0) is 6.54 Å². The summed E-state index contributed by atoms with van der Waals surface area (Å²) in [4.78, 5) is 0. The Kier molecular flexibility index (Phi) is 2.78. The number of aryl methyl sites for hydroxylation is 1. The maximum absolute atomic E-state index is 5.80. The van der Waals surface area contributed by atoms with E-state index >= 15 is 0 Å². The van der Waals surface area contributed by atoms with Crippen molar-refractivity contribution in [2.45, 2.75) is 13.5 Å². The van der Waals surface area contributed by atoms with Gasteiger partial charge in [-0.25, -0.2) is 0 Å². The van der Waals surface area contributed by atoms with Crippen molar-refractivity contribution in [3.05, 3.63) is 33.1 Å². The van der Waals surface area contributed by atoms with E-state index in [0.717, 1.165) is 17.9 Å². The molecule has 0 aliphatic heterocycles. The lowest BCUT2D eigenvalue weighted by Crippen LogP contribution is -2.04. The summed E-state index contributed by atoms with van der Waals surface area (Å²) in [6.45, 7) is 2.89. The Labute approximate surface area is 96.8 Å². The number of hydrogen-bond acceptors (Lipinski definition) is 2. The summed E-state index contributed by atoms with van der Waals surface area (Å²) in [7, 11) is 1.93. The van der Waals surface area contributed by atoms with Crippen molar-refractivity contribution in [1.82, 2.24) is 5.32 Å². The Balaban J connectivity index is 2.67. The van der Waals surface area contributed by atoms with Gasteiger partial charge in [0.25, 0.3) is 0 Å². The van der Waals surface area contributed by atoms with E-state index in [0.29, 0.717) is 0 Å². The van der Waals surface area contributed by atoms with Crippen molar-refractivity contribution in [2.75, 3.05) is 7.05 Å². The van der Waals surface area contributed by atoms with E-state index in [-0.39, 0.29) is 0 Å². The highest BCUT2D eigenvalue weighted by Gasteiger charge is 2.10. The van der Waals surface area contributed by atoms with Gasteiger partial charge in [0.15, 0.2) is 0 Å². The minimum atomic E-state index is 0.788. The normalized spacial score (nSPS) is 11.1. The van der Waals surface area contributed by atoms with Crippen LogP contribution in [0.2, 0.25) is 0 Å². The summed E-state index contributed by atoms with van der Waals surface area (Å²) in [5.74, 6) is 1.03. The molecule has 0 atom stereocenters. The molecule has 0 amide bonds. The zero-order chi connectivity index (χ0) is 10.1. The summed E-state index contributed by atoms with van der Waals surface area (Å²) in [5.41, 5.74) is 2.25. The molecule has 0 fully saturated rings. The highest BCUT2D eigenvalue weighted by atomic mass is 127. The number of benzene rings is 1. The van der Waals surface area contributed by atoms with Crippen LogP contribution in [0.4, 0.5) is 0 Å². The second kappa shape index (κ2) is 3.90. The van der Waals surface area contributed by atoms with E-state index in [1.54, 1.807) is 0 Å². The van der Waals surface area contributed by atoms with E-state index in [2.05, 4.69) is 53.0 Å². The van der Waals surface area contributed by atoms with Crippen LogP contribution < -0.4 is 5.32 Å². The Morgan fingerprint density at radius 1 is 1.43 bits per heavy atom. The van der Waals surface area contributed by atoms with E-state index < -0.39 is 0 Å². The van der Waals surface area contributed by atoms with Gasteiger partial charge in [0.05, 0.1) is 10.1 Å². The quantitative estimate of drug-likeness (QED) is 0.862.